The van der Waals surface area contributed by atoms with Gasteiger partial charge in [0.2, 0.25) is 5.91 Å². The van der Waals surface area contributed by atoms with Gasteiger partial charge in [0, 0.05) is 30.8 Å². The summed E-state index contributed by atoms with van der Waals surface area (Å²) in [5.41, 5.74) is 2.67. The zero-order chi connectivity index (χ0) is 15.0. The third-order valence-corrected chi connectivity index (χ3v) is 4.70. The number of rotatable bonds is 2. The Morgan fingerprint density at radius 3 is 2.86 bits per heavy atom. The van der Waals surface area contributed by atoms with E-state index in [1.807, 2.05) is 23.1 Å². The van der Waals surface area contributed by atoms with Gasteiger partial charge in [-0.15, -0.1) is 0 Å². The maximum absolute atomic E-state index is 12.6. The molecule has 1 aromatic carbocycles. The molecule has 1 N–H and O–H groups in total. The molecule has 0 aliphatic carbocycles. The lowest BCUT2D eigenvalue weighted by molar-refractivity contribution is -0.116. The number of fused-ring (bicyclic) bond motifs is 1. The van der Waals surface area contributed by atoms with Crippen molar-refractivity contribution in [2.75, 3.05) is 18.4 Å². The summed E-state index contributed by atoms with van der Waals surface area (Å²) in [4.78, 5) is 25.9. The number of hydrogen-bond acceptors (Lipinski definition) is 2. The molecule has 2 amide bonds. The number of anilines is 1. The van der Waals surface area contributed by atoms with Gasteiger partial charge in [-0.25, -0.2) is 0 Å². The van der Waals surface area contributed by atoms with Crippen LogP contribution in [-0.2, 0) is 11.2 Å². The number of carbonyl (C=O) groups is 2. The van der Waals surface area contributed by atoms with E-state index in [1.54, 1.807) is 0 Å². The number of carbonyl (C=O) groups excluding carboxylic acids is 2. The minimum Gasteiger partial charge on any atom is -0.338 e. The van der Waals surface area contributed by atoms with Gasteiger partial charge in [0.25, 0.3) is 5.91 Å². The van der Waals surface area contributed by atoms with Crippen molar-refractivity contribution in [3.63, 3.8) is 0 Å². The zero-order valence-corrected chi connectivity index (χ0v) is 12.7. The molecule has 0 radical (unpaired) electrons. The molecule has 0 aromatic heterocycles. The van der Waals surface area contributed by atoms with Gasteiger partial charge in [0.15, 0.2) is 0 Å². The number of amides is 2. The second kappa shape index (κ2) is 5.51. The van der Waals surface area contributed by atoms with Crippen molar-refractivity contribution in [2.24, 2.45) is 11.8 Å². The summed E-state index contributed by atoms with van der Waals surface area (Å²) in [5, 5.41) is 2.85. The van der Waals surface area contributed by atoms with Gasteiger partial charge in [-0.3, -0.25) is 9.59 Å². The van der Waals surface area contributed by atoms with Crippen LogP contribution in [0.4, 0.5) is 5.69 Å². The molecule has 1 saturated heterocycles. The van der Waals surface area contributed by atoms with E-state index in [1.165, 1.54) is 0 Å². The SMILES string of the molecule is CC(C)C1CCN(C(=O)c2ccc3c(c2)CCC(=O)N3)C1. The van der Waals surface area contributed by atoms with Crippen LogP contribution < -0.4 is 5.32 Å². The Labute approximate surface area is 125 Å². The van der Waals surface area contributed by atoms with Crippen LogP contribution in [0.5, 0.6) is 0 Å². The first-order chi connectivity index (χ1) is 10.0. The predicted molar refractivity (Wildman–Crippen MR) is 82.2 cm³/mol. The molecule has 0 saturated carbocycles. The fraction of sp³-hybridized carbons (Fsp3) is 0.529. The van der Waals surface area contributed by atoms with E-state index >= 15 is 0 Å². The molecule has 2 aliphatic heterocycles. The third-order valence-electron chi connectivity index (χ3n) is 4.70. The van der Waals surface area contributed by atoms with Crippen LogP contribution in [-0.4, -0.2) is 29.8 Å². The molecule has 4 heteroatoms. The van der Waals surface area contributed by atoms with Crippen molar-refractivity contribution < 1.29 is 9.59 Å². The van der Waals surface area contributed by atoms with Crippen LogP contribution in [0.15, 0.2) is 18.2 Å². The molecule has 1 aromatic rings. The summed E-state index contributed by atoms with van der Waals surface area (Å²) < 4.78 is 0. The van der Waals surface area contributed by atoms with Gasteiger partial charge in [0.05, 0.1) is 0 Å². The predicted octanol–water partition coefficient (Wildman–Crippen LogP) is 2.69. The Morgan fingerprint density at radius 2 is 2.14 bits per heavy atom. The molecule has 2 heterocycles. The van der Waals surface area contributed by atoms with Gasteiger partial charge in [-0.05, 0) is 48.4 Å². The molecular weight excluding hydrogens is 264 g/mol. The zero-order valence-electron chi connectivity index (χ0n) is 12.7. The standard InChI is InChI=1S/C17H22N2O2/c1-11(2)14-7-8-19(10-14)17(21)13-3-5-15-12(9-13)4-6-16(20)18-15/h3,5,9,11,14H,4,6-8,10H2,1-2H3,(H,18,20). The van der Waals surface area contributed by atoms with E-state index in [9.17, 15) is 9.59 Å². The maximum Gasteiger partial charge on any atom is 0.253 e. The number of nitrogens with one attached hydrogen (secondary N) is 1. The lowest BCUT2D eigenvalue weighted by atomic mass is 9.95. The molecule has 21 heavy (non-hydrogen) atoms. The molecular formula is C17H22N2O2. The minimum absolute atomic E-state index is 0.0564. The Kier molecular flexibility index (Phi) is 3.70. The fourth-order valence-corrected chi connectivity index (χ4v) is 3.21. The van der Waals surface area contributed by atoms with E-state index in [2.05, 4.69) is 19.2 Å². The van der Waals surface area contributed by atoms with Gasteiger partial charge in [-0.2, -0.15) is 0 Å². The molecule has 2 aliphatic rings. The van der Waals surface area contributed by atoms with E-state index in [0.717, 1.165) is 42.7 Å². The Morgan fingerprint density at radius 1 is 1.33 bits per heavy atom. The summed E-state index contributed by atoms with van der Waals surface area (Å²) in [6.45, 7) is 6.17. The Balaban J connectivity index is 1.75. The average molecular weight is 286 g/mol. The lowest BCUT2D eigenvalue weighted by Gasteiger charge is -2.21. The quantitative estimate of drug-likeness (QED) is 0.908. The second-order valence-corrected chi connectivity index (χ2v) is 6.46. The molecule has 0 spiro atoms. The number of likely N-dealkylation sites (tertiary alicyclic amines) is 1. The Bertz CT molecular complexity index is 580. The maximum atomic E-state index is 12.6. The van der Waals surface area contributed by atoms with E-state index in [-0.39, 0.29) is 11.8 Å². The monoisotopic (exact) mass is 286 g/mol. The summed E-state index contributed by atoms with van der Waals surface area (Å²) in [6.07, 6.45) is 2.32. The molecule has 1 atom stereocenters. The van der Waals surface area contributed by atoms with E-state index in [4.69, 9.17) is 0 Å². The smallest absolute Gasteiger partial charge is 0.253 e. The van der Waals surface area contributed by atoms with Crippen molar-refractivity contribution >= 4 is 17.5 Å². The van der Waals surface area contributed by atoms with Crippen LogP contribution in [0.1, 0.15) is 42.6 Å². The van der Waals surface area contributed by atoms with Crippen LogP contribution in [0.2, 0.25) is 0 Å². The molecule has 1 unspecified atom stereocenters. The number of hydrogen-bond donors (Lipinski definition) is 1. The fourth-order valence-electron chi connectivity index (χ4n) is 3.21. The molecule has 0 bridgehead atoms. The van der Waals surface area contributed by atoms with Crippen molar-refractivity contribution in [1.82, 2.24) is 4.90 Å². The van der Waals surface area contributed by atoms with Crippen LogP contribution in [0, 0.1) is 11.8 Å². The summed E-state index contributed by atoms with van der Waals surface area (Å²) in [5.74, 6) is 1.42. The first-order valence-corrected chi connectivity index (χ1v) is 7.76. The summed E-state index contributed by atoms with van der Waals surface area (Å²) in [6, 6.07) is 5.63. The lowest BCUT2D eigenvalue weighted by Crippen LogP contribution is -2.29. The number of benzene rings is 1. The van der Waals surface area contributed by atoms with Gasteiger partial charge < -0.3 is 10.2 Å². The highest BCUT2D eigenvalue weighted by Crippen LogP contribution is 2.27. The van der Waals surface area contributed by atoms with E-state index in [0.29, 0.717) is 18.3 Å². The van der Waals surface area contributed by atoms with E-state index < -0.39 is 0 Å². The second-order valence-electron chi connectivity index (χ2n) is 6.46. The third kappa shape index (κ3) is 2.80. The Hall–Kier alpha value is -1.84. The first-order valence-electron chi connectivity index (χ1n) is 7.76. The highest BCUT2D eigenvalue weighted by molar-refractivity contribution is 5.98. The molecule has 112 valence electrons. The van der Waals surface area contributed by atoms with Crippen molar-refractivity contribution in [3.05, 3.63) is 29.3 Å². The first kappa shape index (κ1) is 14.1. The molecule has 3 rings (SSSR count). The number of aryl methyl sites for hydroxylation is 1. The van der Waals surface area contributed by atoms with Crippen molar-refractivity contribution in [3.8, 4) is 0 Å². The molecule has 4 nitrogen and oxygen atoms in total. The minimum atomic E-state index is 0.0564. The van der Waals surface area contributed by atoms with Gasteiger partial charge in [0.1, 0.15) is 0 Å². The highest BCUT2D eigenvalue weighted by Gasteiger charge is 2.29. The van der Waals surface area contributed by atoms with Gasteiger partial charge in [-0.1, -0.05) is 13.8 Å². The van der Waals surface area contributed by atoms with Gasteiger partial charge >= 0.3 is 0 Å². The van der Waals surface area contributed by atoms with Crippen LogP contribution in [0.3, 0.4) is 0 Å². The molecule has 1 fully saturated rings. The van der Waals surface area contributed by atoms with Crippen molar-refractivity contribution in [2.45, 2.75) is 33.1 Å². The topological polar surface area (TPSA) is 49.4 Å². The highest BCUT2D eigenvalue weighted by atomic mass is 16.2. The van der Waals surface area contributed by atoms with Crippen molar-refractivity contribution in [1.29, 1.82) is 0 Å². The van der Waals surface area contributed by atoms with Crippen LogP contribution in [0.25, 0.3) is 0 Å². The van der Waals surface area contributed by atoms with Crippen LogP contribution >= 0.6 is 0 Å². The average Bonchev–Trinajstić information content (AvgIpc) is 2.96. The summed E-state index contributed by atoms with van der Waals surface area (Å²) >= 11 is 0. The largest absolute Gasteiger partial charge is 0.338 e. The summed E-state index contributed by atoms with van der Waals surface area (Å²) in [7, 11) is 0. The normalized spacial score (nSPS) is 21.4. The number of nitrogens with zero attached hydrogens (tertiary/aromatic N) is 1.